The van der Waals surface area contributed by atoms with E-state index in [0.29, 0.717) is 0 Å². The van der Waals surface area contributed by atoms with Crippen molar-refractivity contribution in [1.82, 2.24) is 10.3 Å². The Morgan fingerprint density at radius 3 is 2.79 bits per heavy atom. The molecule has 3 heteroatoms. The summed E-state index contributed by atoms with van der Waals surface area (Å²) in [6.45, 7) is 3.01. The van der Waals surface area contributed by atoms with E-state index >= 15 is 0 Å². The molecule has 2 nitrogen and oxygen atoms in total. The highest BCUT2D eigenvalue weighted by Gasteiger charge is 2.17. The second-order valence-electron chi connectivity index (χ2n) is 5.63. The van der Waals surface area contributed by atoms with Gasteiger partial charge < -0.3 is 5.32 Å². The van der Waals surface area contributed by atoms with E-state index in [1.165, 1.54) is 44.7 Å². The van der Waals surface area contributed by atoms with Crippen molar-refractivity contribution in [2.24, 2.45) is 5.92 Å². The third-order valence-corrected chi connectivity index (χ3v) is 4.17. The van der Waals surface area contributed by atoms with Crippen molar-refractivity contribution in [3.8, 4) is 0 Å². The van der Waals surface area contributed by atoms with Gasteiger partial charge in [-0.05, 0) is 36.9 Å². The molecule has 1 aromatic heterocycles. The second kappa shape index (κ2) is 7.59. The molecule has 0 bridgehead atoms. The normalized spacial score (nSPS) is 18.4. The fraction of sp³-hybridized carbons (Fsp3) is 0.688. The average Bonchev–Trinajstić information content (AvgIpc) is 2.44. The fourth-order valence-corrected chi connectivity index (χ4v) is 3.13. The van der Waals surface area contributed by atoms with E-state index < -0.39 is 0 Å². The van der Waals surface area contributed by atoms with Gasteiger partial charge in [0.15, 0.2) is 0 Å². The van der Waals surface area contributed by atoms with Crippen LogP contribution in [0.2, 0.25) is 0 Å². The van der Waals surface area contributed by atoms with Crippen LogP contribution in [0.15, 0.2) is 18.5 Å². The highest BCUT2D eigenvalue weighted by Crippen LogP contribution is 2.30. The molecule has 0 aromatic carbocycles. The van der Waals surface area contributed by atoms with E-state index in [9.17, 15) is 4.39 Å². The van der Waals surface area contributed by atoms with Crippen molar-refractivity contribution in [2.45, 2.75) is 57.9 Å². The van der Waals surface area contributed by atoms with Gasteiger partial charge in [-0.15, -0.1) is 0 Å². The first kappa shape index (κ1) is 14.4. The molecule has 1 aliphatic rings. The quantitative estimate of drug-likeness (QED) is 0.831. The summed E-state index contributed by atoms with van der Waals surface area (Å²) in [5.41, 5.74) is 0.984. The Bertz CT molecular complexity index is 375. The Morgan fingerprint density at radius 2 is 2.11 bits per heavy atom. The van der Waals surface area contributed by atoms with Gasteiger partial charge in [-0.2, -0.15) is 0 Å². The predicted octanol–water partition coefficient (Wildman–Crippen LogP) is 4.23. The first-order valence-corrected chi connectivity index (χ1v) is 7.63. The Labute approximate surface area is 115 Å². The molecule has 1 saturated carbocycles. The molecule has 2 rings (SSSR count). The average molecular weight is 264 g/mol. The third-order valence-electron chi connectivity index (χ3n) is 4.17. The number of nitrogens with one attached hydrogen (secondary N) is 1. The molecule has 0 radical (unpaired) electrons. The van der Waals surface area contributed by atoms with Crippen LogP contribution in [0.1, 0.15) is 63.5 Å². The van der Waals surface area contributed by atoms with Gasteiger partial charge in [-0.1, -0.05) is 39.0 Å². The van der Waals surface area contributed by atoms with Crippen molar-refractivity contribution in [3.05, 3.63) is 29.8 Å². The van der Waals surface area contributed by atoms with Crippen LogP contribution in [0.25, 0.3) is 0 Å². The Balaban J connectivity index is 1.91. The summed E-state index contributed by atoms with van der Waals surface area (Å²) < 4.78 is 13.3. The maximum Gasteiger partial charge on any atom is 0.141 e. The molecule has 1 N–H and O–H groups in total. The molecule has 1 unspecified atom stereocenters. The van der Waals surface area contributed by atoms with E-state index in [1.807, 2.05) is 0 Å². The lowest BCUT2D eigenvalue weighted by Gasteiger charge is -2.24. The minimum absolute atomic E-state index is 0.238. The summed E-state index contributed by atoms with van der Waals surface area (Å²) in [5.74, 6) is 0.634. The van der Waals surface area contributed by atoms with Gasteiger partial charge in [0.2, 0.25) is 0 Å². The van der Waals surface area contributed by atoms with Gasteiger partial charge in [0, 0.05) is 12.2 Å². The van der Waals surface area contributed by atoms with E-state index in [2.05, 4.69) is 17.2 Å². The molecule has 106 valence electrons. The van der Waals surface area contributed by atoms with Crippen LogP contribution in [-0.2, 0) is 0 Å². The Morgan fingerprint density at radius 1 is 1.32 bits per heavy atom. The van der Waals surface area contributed by atoms with Crippen molar-refractivity contribution in [3.63, 3.8) is 0 Å². The number of nitrogens with zero attached hydrogens (tertiary/aromatic N) is 1. The van der Waals surface area contributed by atoms with Gasteiger partial charge >= 0.3 is 0 Å². The summed E-state index contributed by atoms with van der Waals surface area (Å²) in [7, 11) is 0. The zero-order chi connectivity index (χ0) is 13.5. The van der Waals surface area contributed by atoms with E-state index in [-0.39, 0.29) is 11.9 Å². The number of pyridine rings is 1. The topological polar surface area (TPSA) is 24.9 Å². The lowest BCUT2D eigenvalue weighted by atomic mass is 9.84. The lowest BCUT2D eigenvalue weighted by molar-refractivity contribution is 0.315. The highest BCUT2D eigenvalue weighted by molar-refractivity contribution is 5.15. The fourth-order valence-electron chi connectivity index (χ4n) is 3.13. The number of aromatic nitrogens is 1. The van der Waals surface area contributed by atoms with Crippen molar-refractivity contribution >= 4 is 0 Å². The van der Waals surface area contributed by atoms with E-state index in [1.54, 1.807) is 12.3 Å². The van der Waals surface area contributed by atoms with Crippen LogP contribution in [0, 0.1) is 11.7 Å². The smallest absolute Gasteiger partial charge is 0.141 e. The van der Waals surface area contributed by atoms with Crippen molar-refractivity contribution in [1.29, 1.82) is 0 Å². The van der Waals surface area contributed by atoms with Crippen molar-refractivity contribution < 1.29 is 4.39 Å². The Kier molecular flexibility index (Phi) is 5.77. The summed E-state index contributed by atoms with van der Waals surface area (Å²) in [5, 5.41) is 3.46. The lowest BCUT2D eigenvalue weighted by Crippen LogP contribution is -2.22. The van der Waals surface area contributed by atoms with Crippen LogP contribution in [0.4, 0.5) is 4.39 Å². The second-order valence-corrected chi connectivity index (χ2v) is 5.63. The monoisotopic (exact) mass is 264 g/mol. The molecule has 1 aliphatic carbocycles. The van der Waals surface area contributed by atoms with Gasteiger partial charge in [-0.3, -0.25) is 4.98 Å². The molecule has 0 spiro atoms. The standard InChI is InChI=1S/C16H25FN2/c1-2-19-16(14-10-15(17)12-18-11-14)9-8-13-6-4-3-5-7-13/h10-13,16,19H,2-9H2,1H3. The zero-order valence-corrected chi connectivity index (χ0v) is 11.9. The maximum absolute atomic E-state index is 13.3. The highest BCUT2D eigenvalue weighted by atomic mass is 19.1. The molecule has 19 heavy (non-hydrogen) atoms. The maximum atomic E-state index is 13.3. The van der Waals surface area contributed by atoms with Crippen LogP contribution in [0.5, 0.6) is 0 Å². The molecule has 1 atom stereocenters. The predicted molar refractivity (Wildman–Crippen MR) is 76.4 cm³/mol. The van der Waals surface area contributed by atoms with Crippen LogP contribution < -0.4 is 5.32 Å². The Hall–Kier alpha value is -0.960. The molecule has 0 amide bonds. The van der Waals surface area contributed by atoms with Crippen LogP contribution >= 0.6 is 0 Å². The molecule has 0 saturated heterocycles. The van der Waals surface area contributed by atoms with Crippen molar-refractivity contribution in [2.75, 3.05) is 6.54 Å². The minimum Gasteiger partial charge on any atom is -0.310 e. The first-order valence-electron chi connectivity index (χ1n) is 7.63. The third kappa shape index (κ3) is 4.57. The van der Waals surface area contributed by atoms with Gasteiger partial charge in [0.05, 0.1) is 6.20 Å². The number of rotatable bonds is 6. The van der Waals surface area contributed by atoms with Gasteiger partial charge in [0.25, 0.3) is 0 Å². The minimum atomic E-state index is -0.238. The number of hydrogen-bond acceptors (Lipinski definition) is 2. The molecular formula is C16H25FN2. The summed E-state index contributed by atoms with van der Waals surface area (Å²) >= 11 is 0. The van der Waals surface area contributed by atoms with Gasteiger partial charge in [0.1, 0.15) is 5.82 Å². The molecule has 1 aromatic rings. The van der Waals surface area contributed by atoms with Crippen LogP contribution in [0.3, 0.4) is 0 Å². The van der Waals surface area contributed by atoms with E-state index in [0.717, 1.165) is 24.4 Å². The largest absolute Gasteiger partial charge is 0.310 e. The molecular weight excluding hydrogens is 239 g/mol. The summed E-state index contributed by atoms with van der Waals surface area (Å²) in [6.07, 6.45) is 12.3. The summed E-state index contributed by atoms with van der Waals surface area (Å²) in [6, 6.07) is 1.86. The molecule has 1 fully saturated rings. The van der Waals surface area contributed by atoms with Gasteiger partial charge in [-0.25, -0.2) is 4.39 Å². The number of halogens is 1. The van der Waals surface area contributed by atoms with E-state index in [4.69, 9.17) is 0 Å². The first-order chi connectivity index (χ1) is 9.29. The van der Waals surface area contributed by atoms with Crippen LogP contribution in [-0.4, -0.2) is 11.5 Å². The summed E-state index contributed by atoms with van der Waals surface area (Å²) in [4.78, 5) is 3.97. The number of hydrogen-bond donors (Lipinski definition) is 1. The molecule has 1 heterocycles. The zero-order valence-electron chi connectivity index (χ0n) is 11.9. The SMILES string of the molecule is CCNC(CCC1CCCCC1)c1cncc(F)c1. The molecule has 0 aliphatic heterocycles.